The van der Waals surface area contributed by atoms with Crippen molar-refractivity contribution >= 4 is 46.9 Å². The fourth-order valence-corrected chi connectivity index (χ4v) is 3.85. The van der Waals surface area contributed by atoms with Crippen LogP contribution in [0.4, 0.5) is 40.0 Å². The minimum Gasteiger partial charge on any atom is -0.310 e. The van der Waals surface area contributed by atoms with Gasteiger partial charge in [0.1, 0.15) is 12.4 Å². The van der Waals surface area contributed by atoms with Gasteiger partial charge in [-0.05, 0) is 59.8 Å². The summed E-state index contributed by atoms with van der Waals surface area (Å²) in [4.78, 5) is 47.9. The number of rotatable bonds is 6. The Hall–Kier alpha value is -4.13. The third-order valence-corrected chi connectivity index (χ3v) is 5.53. The van der Waals surface area contributed by atoms with Gasteiger partial charge in [-0.15, -0.1) is 0 Å². The van der Waals surface area contributed by atoms with E-state index in [1.54, 1.807) is 24.3 Å². The molecule has 1 fully saturated rings. The average Bonchev–Trinajstić information content (AvgIpc) is 3.08. The van der Waals surface area contributed by atoms with Gasteiger partial charge >= 0.3 is 17.6 Å². The van der Waals surface area contributed by atoms with Crippen molar-refractivity contribution in [3.8, 4) is 0 Å². The highest BCUT2D eigenvalue weighted by molar-refractivity contribution is 8.00. The molecule has 0 radical (unpaired) electrons. The quantitative estimate of drug-likeness (QED) is 0.374. The highest BCUT2D eigenvalue weighted by Crippen LogP contribution is 2.37. The van der Waals surface area contributed by atoms with Gasteiger partial charge in [0, 0.05) is 17.3 Å². The van der Waals surface area contributed by atoms with Gasteiger partial charge < -0.3 is 10.2 Å². The number of carbonyl (C=O) groups is 3. The van der Waals surface area contributed by atoms with Crippen LogP contribution in [0.15, 0.2) is 72.0 Å². The molecule has 9 nitrogen and oxygen atoms in total. The molecular weight excluding hydrogens is 485 g/mol. The number of urea groups is 2. The third-order valence-electron chi connectivity index (χ3n) is 4.79. The summed E-state index contributed by atoms with van der Waals surface area (Å²) in [6, 6.07) is 10.4. The number of pyridine rings is 2. The molecule has 0 bridgehead atoms. The van der Waals surface area contributed by atoms with Crippen molar-refractivity contribution in [3.63, 3.8) is 0 Å². The second kappa shape index (κ2) is 10.0. The molecule has 1 aliphatic heterocycles. The van der Waals surface area contributed by atoms with E-state index in [2.05, 4.69) is 20.6 Å². The van der Waals surface area contributed by atoms with Crippen LogP contribution in [-0.2, 0) is 11.3 Å². The van der Waals surface area contributed by atoms with Crippen LogP contribution >= 0.6 is 11.8 Å². The van der Waals surface area contributed by atoms with Crippen LogP contribution in [0, 0.1) is 0 Å². The summed E-state index contributed by atoms with van der Waals surface area (Å²) in [5.74, 6) is -0.186. The van der Waals surface area contributed by atoms with Gasteiger partial charge in [0.25, 0.3) is 5.91 Å². The number of amides is 5. The highest BCUT2D eigenvalue weighted by atomic mass is 32.2. The normalized spacial score (nSPS) is 13.8. The van der Waals surface area contributed by atoms with Crippen molar-refractivity contribution < 1.29 is 27.6 Å². The molecule has 180 valence electrons. The molecule has 13 heteroatoms. The molecule has 1 saturated heterocycles. The summed E-state index contributed by atoms with van der Waals surface area (Å²) in [5.41, 5.74) is -3.43. The Labute approximate surface area is 201 Å². The average molecular weight is 502 g/mol. The van der Waals surface area contributed by atoms with Crippen molar-refractivity contribution in [2.24, 2.45) is 0 Å². The van der Waals surface area contributed by atoms with Gasteiger partial charge in [-0.2, -0.15) is 13.2 Å². The molecule has 1 aliphatic rings. The van der Waals surface area contributed by atoms with E-state index in [-0.39, 0.29) is 35.4 Å². The van der Waals surface area contributed by atoms with E-state index in [0.717, 1.165) is 4.90 Å². The van der Waals surface area contributed by atoms with E-state index < -0.39 is 23.5 Å². The fourth-order valence-electron chi connectivity index (χ4n) is 3.31. The van der Waals surface area contributed by atoms with Gasteiger partial charge in [0.15, 0.2) is 0 Å². The van der Waals surface area contributed by atoms with E-state index >= 15 is 0 Å². The lowest BCUT2D eigenvalue weighted by Gasteiger charge is -2.19. The number of benzene rings is 1. The van der Waals surface area contributed by atoms with Crippen molar-refractivity contribution in [2.75, 3.05) is 22.1 Å². The Balaban J connectivity index is 1.44. The zero-order valence-electron chi connectivity index (χ0n) is 17.8. The number of imide groups is 1. The summed E-state index contributed by atoms with van der Waals surface area (Å²) in [7, 11) is 0. The van der Waals surface area contributed by atoms with Crippen LogP contribution in [0.5, 0.6) is 0 Å². The number of thioether (sulfide) groups is 1. The summed E-state index contributed by atoms with van der Waals surface area (Å²) < 4.78 is 37.6. The molecule has 2 aromatic heterocycles. The summed E-state index contributed by atoms with van der Waals surface area (Å²) in [6.45, 7) is -0.245. The number of aromatic nitrogens is 2. The van der Waals surface area contributed by atoms with E-state index in [4.69, 9.17) is 0 Å². The Bertz CT molecular complexity index is 1240. The first-order chi connectivity index (χ1) is 16.7. The monoisotopic (exact) mass is 502 g/mol. The number of nitrogens with zero attached hydrogens (tertiary/aromatic N) is 4. The Morgan fingerprint density at radius 1 is 1.03 bits per heavy atom. The van der Waals surface area contributed by atoms with Gasteiger partial charge in [-0.3, -0.25) is 15.1 Å². The van der Waals surface area contributed by atoms with Gasteiger partial charge in [-0.1, -0.05) is 6.07 Å². The molecule has 4 rings (SSSR count). The van der Waals surface area contributed by atoms with Crippen molar-refractivity contribution in [3.05, 3.63) is 72.7 Å². The smallest absolute Gasteiger partial charge is 0.310 e. The van der Waals surface area contributed by atoms with E-state index in [9.17, 15) is 27.6 Å². The van der Waals surface area contributed by atoms with E-state index in [1.807, 2.05) is 0 Å². The Kier molecular flexibility index (Phi) is 6.87. The van der Waals surface area contributed by atoms with Crippen molar-refractivity contribution in [2.45, 2.75) is 16.9 Å². The van der Waals surface area contributed by atoms with Crippen LogP contribution in [0.2, 0.25) is 0 Å². The predicted molar refractivity (Wildman–Crippen MR) is 123 cm³/mol. The molecule has 35 heavy (non-hydrogen) atoms. The Morgan fingerprint density at radius 2 is 1.80 bits per heavy atom. The van der Waals surface area contributed by atoms with Crippen LogP contribution in [0.3, 0.4) is 0 Å². The van der Waals surface area contributed by atoms with Crippen LogP contribution < -0.4 is 15.5 Å². The molecule has 0 saturated carbocycles. The molecular formula is C22H17F3N6O3S. The van der Waals surface area contributed by atoms with Crippen LogP contribution in [0.25, 0.3) is 0 Å². The molecule has 2 N–H and O–H groups in total. The number of anilines is 3. The first-order valence-electron chi connectivity index (χ1n) is 10.1. The predicted octanol–water partition coefficient (Wildman–Crippen LogP) is 4.70. The molecule has 0 atom stereocenters. The topological polar surface area (TPSA) is 108 Å². The molecule has 0 spiro atoms. The number of nitrogens with one attached hydrogen (secondary N) is 2. The number of alkyl halides is 3. The minimum absolute atomic E-state index is 0.00912. The maximum Gasteiger partial charge on any atom is 0.446 e. The second-order valence-electron chi connectivity index (χ2n) is 7.24. The van der Waals surface area contributed by atoms with Crippen LogP contribution in [-0.4, -0.2) is 44.9 Å². The minimum atomic E-state index is -4.44. The number of hydrogen-bond acceptors (Lipinski definition) is 6. The molecule has 1 aromatic carbocycles. The lowest BCUT2D eigenvalue weighted by atomic mass is 10.2. The van der Waals surface area contributed by atoms with Gasteiger partial charge in [-0.25, -0.2) is 19.5 Å². The van der Waals surface area contributed by atoms with Gasteiger partial charge in [0.2, 0.25) is 0 Å². The van der Waals surface area contributed by atoms with Crippen molar-refractivity contribution in [1.29, 1.82) is 0 Å². The number of hydrogen-bond donors (Lipinski definition) is 2. The zero-order chi connectivity index (χ0) is 25.0. The molecule has 0 aliphatic carbocycles. The largest absolute Gasteiger partial charge is 0.446 e. The SMILES string of the molecule is O=C(Nc1ccccn1)Nc1cnccc1CN1CC(=O)N(c2ccc(SC(F)(F)F)cc2)C1=O. The third kappa shape index (κ3) is 6.06. The zero-order valence-corrected chi connectivity index (χ0v) is 18.6. The number of carbonyl (C=O) groups excluding carboxylic acids is 3. The number of halogens is 3. The molecule has 3 aromatic rings. The summed E-state index contributed by atoms with van der Waals surface area (Å²) in [5, 5.41) is 5.21. The second-order valence-corrected chi connectivity index (χ2v) is 8.37. The standard InChI is InChI=1S/C22H17F3N6O3S/c23-22(24,25)35-16-6-4-15(5-7-16)31-19(32)13-30(21(31)34)12-14-8-10-26-11-17(14)28-20(33)29-18-3-1-2-9-27-18/h1-11H,12-13H2,(H2,27,28,29,33). The molecule has 3 heterocycles. The lowest BCUT2D eigenvalue weighted by molar-refractivity contribution is -0.116. The summed E-state index contributed by atoms with van der Waals surface area (Å²) in [6.07, 6.45) is 4.41. The molecule has 0 unspecified atom stereocenters. The van der Waals surface area contributed by atoms with Crippen molar-refractivity contribution in [1.82, 2.24) is 14.9 Å². The van der Waals surface area contributed by atoms with E-state index in [1.165, 1.54) is 47.8 Å². The first-order valence-corrected chi connectivity index (χ1v) is 10.9. The van der Waals surface area contributed by atoms with Crippen LogP contribution in [0.1, 0.15) is 5.56 Å². The maximum atomic E-state index is 12.9. The van der Waals surface area contributed by atoms with Gasteiger partial charge in [0.05, 0.1) is 24.1 Å². The first kappa shape index (κ1) is 24.0. The van der Waals surface area contributed by atoms with E-state index in [0.29, 0.717) is 17.1 Å². The lowest BCUT2D eigenvalue weighted by Crippen LogP contribution is -2.33. The maximum absolute atomic E-state index is 12.9. The Morgan fingerprint density at radius 3 is 2.49 bits per heavy atom. The fraction of sp³-hybridized carbons (Fsp3) is 0.136. The highest BCUT2D eigenvalue weighted by Gasteiger charge is 2.37. The molecule has 5 amide bonds. The summed E-state index contributed by atoms with van der Waals surface area (Å²) >= 11 is -0.286.